The van der Waals surface area contributed by atoms with Gasteiger partial charge in [0.05, 0.1) is 30.9 Å². The lowest BCUT2D eigenvalue weighted by Crippen LogP contribution is -2.29. The Labute approximate surface area is 196 Å². The van der Waals surface area contributed by atoms with E-state index in [9.17, 15) is 19.5 Å². The summed E-state index contributed by atoms with van der Waals surface area (Å²) in [4.78, 5) is 39.7. The Balaban J connectivity index is 1.85. The van der Waals surface area contributed by atoms with Gasteiger partial charge in [-0.05, 0) is 48.9 Å². The molecule has 1 atom stereocenters. The van der Waals surface area contributed by atoms with Crippen LogP contribution in [-0.4, -0.2) is 36.5 Å². The van der Waals surface area contributed by atoms with Crippen LogP contribution in [0.15, 0.2) is 84.4 Å². The molecule has 34 heavy (non-hydrogen) atoms. The zero-order valence-electron chi connectivity index (χ0n) is 18.7. The molecule has 0 bridgehead atoms. The van der Waals surface area contributed by atoms with Crippen molar-refractivity contribution in [1.82, 2.24) is 0 Å². The van der Waals surface area contributed by atoms with Crippen molar-refractivity contribution < 1.29 is 29.0 Å². The van der Waals surface area contributed by atoms with Gasteiger partial charge in [-0.2, -0.15) is 0 Å². The lowest BCUT2D eigenvalue weighted by Gasteiger charge is -2.25. The van der Waals surface area contributed by atoms with Crippen LogP contribution >= 0.6 is 0 Å². The number of methoxy groups -OCH3 is 1. The van der Waals surface area contributed by atoms with Gasteiger partial charge >= 0.3 is 5.97 Å². The Bertz CT molecular complexity index is 1260. The van der Waals surface area contributed by atoms with E-state index in [4.69, 9.17) is 9.47 Å². The number of hydrogen-bond acceptors (Lipinski definition) is 6. The Morgan fingerprint density at radius 1 is 0.941 bits per heavy atom. The second kappa shape index (κ2) is 9.62. The summed E-state index contributed by atoms with van der Waals surface area (Å²) in [5.41, 5.74) is 1.72. The maximum Gasteiger partial charge on any atom is 0.338 e. The van der Waals surface area contributed by atoms with Crippen molar-refractivity contribution in [3.63, 3.8) is 0 Å². The summed E-state index contributed by atoms with van der Waals surface area (Å²) in [6.07, 6.45) is 0. The zero-order chi connectivity index (χ0) is 24.2. The van der Waals surface area contributed by atoms with E-state index in [1.165, 1.54) is 24.1 Å². The van der Waals surface area contributed by atoms with Crippen LogP contribution in [-0.2, 0) is 14.3 Å². The van der Waals surface area contributed by atoms with E-state index in [1.54, 1.807) is 67.6 Å². The normalized spacial score (nSPS) is 17.0. The number of benzene rings is 3. The highest BCUT2D eigenvalue weighted by molar-refractivity contribution is 6.51. The first kappa shape index (κ1) is 22.8. The third kappa shape index (κ3) is 4.15. The van der Waals surface area contributed by atoms with Crippen molar-refractivity contribution in [2.24, 2.45) is 0 Å². The van der Waals surface area contributed by atoms with Crippen LogP contribution in [0.2, 0.25) is 0 Å². The number of ether oxygens (including phenoxy) is 2. The number of amides is 1. The van der Waals surface area contributed by atoms with E-state index in [-0.39, 0.29) is 17.9 Å². The molecule has 1 fully saturated rings. The van der Waals surface area contributed by atoms with E-state index in [0.29, 0.717) is 28.1 Å². The van der Waals surface area contributed by atoms with Crippen molar-refractivity contribution in [2.75, 3.05) is 18.6 Å². The summed E-state index contributed by atoms with van der Waals surface area (Å²) in [7, 11) is 1.50. The largest absolute Gasteiger partial charge is 0.507 e. The fourth-order valence-electron chi connectivity index (χ4n) is 3.95. The zero-order valence-corrected chi connectivity index (χ0v) is 18.7. The molecule has 1 unspecified atom stereocenters. The van der Waals surface area contributed by atoms with Crippen molar-refractivity contribution in [3.8, 4) is 5.75 Å². The molecule has 1 N–H and O–H groups in total. The number of Topliss-reactive ketones (excluding diaryl/α,β-unsaturated/α-hetero) is 1. The van der Waals surface area contributed by atoms with Crippen LogP contribution in [0.25, 0.3) is 5.76 Å². The molecule has 0 spiro atoms. The Morgan fingerprint density at radius 2 is 1.65 bits per heavy atom. The Hall–Kier alpha value is -4.39. The molecule has 1 amide bonds. The quantitative estimate of drug-likeness (QED) is 0.254. The minimum Gasteiger partial charge on any atom is -0.507 e. The molecule has 0 saturated carbocycles. The molecule has 3 aromatic rings. The summed E-state index contributed by atoms with van der Waals surface area (Å²) >= 11 is 0. The SMILES string of the molecule is CCOC(=O)c1ccc(N2C(=O)C(=O)/C(=C(\O)c3cccc(OC)c3)C2c2ccccc2)cc1. The first-order chi connectivity index (χ1) is 16.5. The van der Waals surface area contributed by atoms with E-state index in [1.807, 2.05) is 6.07 Å². The van der Waals surface area contributed by atoms with Crippen molar-refractivity contribution >= 4 is 29.1 Å². The van der Waals surface area contributed by atoms with Crippen molar-refractivity contribution in [1.29, 1.82) is 0 Å². The number of hydrogen-bond donors (Lipinski definition) is 1. The molecule has 0 radical (unpaired) electrons. The lowest BCUT2D eigenvalue weighted by atomic mass is 9.95. The average molecular weight is 457 g/mol. The number of esters is 1. The molecule has 3 aromatic carbocycles. The molecular formula is C27H23NO6. The van der Waals surface area contributed by atoms with Crippen LogP contribution in [0.4, 0.5) is 5.69 Å². The van der Waals surface area contributed by atoms with Crippen LogP contribution < -0.4 is 9.64 Å². The van der Waals surface area contributed by atoms with Gasteiger partial charge in [-0.1, -0.05) is 42.5 Å². The second-order valence-electron chi connectivity index (χ2n) is 7.58. The smallest absolute Gasteiger partial charge is 0.338 e. The van der Waals surface area contributed by atoms with Crippen molar-refractivity contribution in [2.45, 2.75) is 13.0 Å². The maximum absolute atomic E-state index is 13.2. The molecule has 1 saturated heterocycles. The van der Waals surface area contributed by atoms with E-state index in [2.05, 4.69) is 0 Å². The van der Waals surface area contributed by atoms with E-state index >= 15 is 0 Å². The van der Waals surface area contributed by atoms with Gasteiger partial charge in [-0.3, -0.25) is 14.5 Å². The molecule has 0 aliphatic carbocycles. The number of rotatable bonds is 6. The third-order valence-electron chi connectivity index (χ3n) is 5.56. The molecule has 4 rings (SSSR count). The predicted molar refractivity (Wildman–Crippen MR) is 127 cm³/mol. The molecule has 7 nitrogen and oxygen atoms in total. The third-order valence-corrected chi connectivity index (χ3v) is 5.56. The second-order valence-corrected chi connectivity index (χ2v) is 7.58. The average Bonchev–Trinajstić information content (AvgIpc) is 3.14. The molecule has 1 aliphatic rings. The first-order valence-corrected chi connectivity index (χ1v) is 10.7. The summed E-state index contributed by atoms with van der Waals surface area (Å²) < 4.78 is 10.2. The summed E-state index contributed by atoms with van der Waals surface area (Å²) in [6, 6.07) is 21.0. The van der Waals surface area contributed by atoms with Gasteiger partial charge in [0.1, 0.15) is 11.5 Å². The van der Waals surface area contributed by atoms with E-state index < -0.39 is 23.7 Å². The lowest BCUT2D eigenvalue weighted by molar-refractivity contribution is -0.132. The fourth-order valence-corrected chi connectivity index (χ4v) is 3.95. The topological polar surface area (TPSA) is 93.1 Å². The van der Waals surface area contributed by atoms with Gasteiger partial charge in [-0.15, -0.1) is 0 Å². The van der Waals surface area contributed by atoms with Crippen LogP contribution in [0.5, 0.6) is 5.75 Å². The Kier molecular flexibility index (Phi) is 6.45. The molecule has 7 heteroatoms. The first-order valence-electron chi connectivity index (χ1n) is 10.7. The molecular weight excluding hydrogens is 434 g/mol. The number of carbonyl (C=O) groups excluding carboxylic acids is 3. The van der Waals surface area contributed by atoms with Crippen LogP contribution in [0, 0.1) is 0 Å². The number of carbonyl (C=O) groups is 3. The highest BCUT2D eigenvalue weighted by atomic mass is 16.5. The van der Waals surface area contributed by atoms with Gasteiger partial charge in [0.15, 0.2) is 0 Å². The predicted octanol–water partition coefficient (Wildman–Crippen LogP) is 4.50. The Morgan fingerprint density at radius 3 is 2.29 bits per heavy atom. The number of aliphatic hydroxyl groups excluding tert-OH is 1. The summed E-state index contributed by atoms with van der Waals surface area (Å²) in [5, 5.41) is 11.2. The number of nitrogens with zero attached hydrogens (tertiary/aromatic N) is 1. The van der Waals surface area contributed by atoms with Crippen molar-refractivity contribution in [3.05, 3.63) is 101 Å². The monoisotopic (exact) mass is 457 g/mol. The van der Waals surface area contributed by atoms with Gasteiger partial charge in [0.25, 0.3) is 11.7 Å². The highest BCUT2D eigenvalue weighted by Gasteiger charge is 2.46. The van der Waals surface area contributed by atoms with Gasteiger partial charge in [0.2, 0.25) is 0 Å². The number of aliphatic hydroxyl groups is 1. The molecule has 1 aliphatic heterocycles. The maximum atomic E-state index is 13.2. The summed E-state index contributed by atoms with van der Waals surface area (Å²) in [5.74, 6) is -1.85. The van der Waals surface area contributed by atoms with E-state index in [0.717, 1.165) is 0 Å². The van der Waals surface area contributed by atoms with Crippen LogP contribution in [0.3, 0.4) is 0 Å². The van der Waals surface area contributed by atoms with Gasteiger partial charge in [-0.25, -0.2) is 4.79 Å². The molecule has 0 aromatic heterocycles. The number of anilines is 1. The molecule has 1 heterocycles. The highest BCUT2D eigenvalue weighted by Crippen LogP contribution is 2.42. The number of ketones is 1. The molecule has 172 valence electrons. The minimum atomic E-state index is -0.860. The summed E-state index contributed by atoms with van der Waals surface area (Å²) in [6.45, 7) is 1.96. The minimum absolute atomic E-state index is 0.0288. The standard InChI is InChI=1S/C27H23NO6/c1-3-34-27(32)18-12-14-20(15-13-18)28-23(17-8-5-4-6-9-17)22(25(30)26(28)31)24(29)19-10-7-11-21(16-19)33-2/h4-16,23,29H,3H2,1-2H3/b24-22-. The van der Waals surface area contributed by atoms with Gasteiger partial charge < -0.3 is 14.6 Å². The van der Waals surface area contributed by atoms with Crippen LogP contribution in [0.1, 0.15) is 34.5 Å². The fraction of sp³-hybridized carbons (Fsp3) is 0.148. The van der Waals surface area contributed by atoms with Gasteiger partial charge in [0, 0.05) is 11.3 Å².